The summed E-state index contributed by atoms with van der Waals surface area (Å²) in [6, 6.07) is 6.02. The molecule has 0 fully saturated rings. The number of ether oxygens (including phenoxy) is 1. The van der Waals surface area contributed by atoms with E-state index in [2.05, 4.69) is 11.2 Å². The van der Waals surface area contributed by atoms with Gasteiger partial charge in [-0.3, -0.25) is 10.1 Å². The van der Waals surface area contributed by atoms with Crippen LogP contribution in [0.1, 0.15) is 18.9 Å². The highest BCUT2D eigenvalue weighted by molar-refractivity contribution is 5.75. The van der Waals surface area contributed by atoms with Crippen molar-refractivity contribution in [2.75, 3.05) is 13.2 Å². The summed E-state index contributed by atoms with van der Waals surface area (Å²) in [4.78, 5) is 11.7. The first-order valence-electron chi connectivity index (χ1n) is 6.26. The van der Waals surface area contributed by atoms with Gasteiger partial charge in [0.25, 0.3) is 0 Å². The minimum atomic E-state index is -0.504. The van der Waals surface area contributed by atoms with Crippen molar-refractivity contribution in [1.29, 1.82) is 0 Å². The Morgan fingerprint density at radius 2 is 2.26 bits per heavy atom. The van der Waals surface area contributed by atoms with Crippen molar-refractivity contribution < 1.29 is 13.9 Å². The highest BCUT2D eigenvalue weighted by Crippen LogP contribution is 2.11. The minimum Gasteiger partial charge on any atom is -0.465 e. The van der Waals surface area contributed by atoms with Crippen LogP contribution in [0.25, 0.3) is 0 Å². The number of rotatable bonds is 7. The van der Waals surface area contributed by atoms with Gasteiger partial charge in [0.15, 0.2) is 0 Å². The van der Waals surface area contributed by atoms with E-state index in [4.69, 9.17) is 11.2 Å². The first kappa shape index (κ1) is 15.2. The molecule has 0 aliphatic heterocycles. The molecule has 1 atom stereocenters. The van der Waals surface area contributed by atoms with Crippen LogP contribution in [0.2, 0.25) is 0 Å². The van der Waals surface area contributed by atoms with E-state index in [0.717, 1.165) is 0 Å². The third-order valence-corrected chi connectivity index (χ3v) is 2.68. The molecular weight excluding hydrogens is 245 g/mol. The fourth-order valence-corrected chi connectivity index (χ4v) is 1.73. The van der Waals surface area contributed by atoms with Gasteiger partial charge in [-0.2, -0.15) is 0 Å². The van der Waals surface area contributed by atoms with Crippen LogP contribution in [0.4, 0.5) is 4.39 Å². The number of benzene rings is 1. The van der Waals surface area contributed by atoms with Gasteiger partial charge in [-0.1, -0.05) is 24.1 Å². The van der Waals surface area contributed by atoms with Crippen LogP contribution in [0.15, 0.2) is 24.3 Å². The summed E-state index contributed by atoms with van der Waals surface area (Å²) in [6.45, 7) is 2.33. The number of terminal acetylenes is 1. The largest absolute Gasteiger partial charge is 0.465 e. The summed E-state index contributed by atoms with van der Waals surface area (Å²) in [5.41, 5.74) is 0.583. The number of halogens is 1. The number of aryl methyl sites for hydroxylation is 1. The van der Waals surface area contributed by atoms with E-state index in [0.29, 0.717) is 25.0 Å². The molecule has 1 aromatic carbocycles. The van der Waals surface area contributed by atoms with E-state index in [1.807, 2.05) is 0 Å². The molecule has 0 heterocycles. The Bertz CT molecular complexity index is 454. The number of carbonyl (C=O) groups is 1. The highest BCUT2D eigenvalue weighted by Gasteiger charge is 2.19. The van der Waals surface area contributed by atoms with Crippen molar-refractivity contribution in [1.82, 2.24) is 5.32 Å². The van der Waals surface area contributed by atoms with Gasteiger partial charge in [0, 0.05) is 0 Å². The van der Waals surface area contributed by atoms with Crippen molar-refractivity contribution in [2.45, 2.75) is 25.8 Å². The Kier molecular flexibility index (Phi) is 6.62. The summed E-state index contributed by atoms with van der Waals surface area (Å²) in [6.07, 6.45) is 6.06. The van der Waals surface area contributed by atoms with Crippen LogP contribution in [0.3, 0.4) is 0 Å². The molecule has 1 aromatic rings. The monoisotopic (exact) mass is 263 g/mol. The van der Waals surface area contributed by atoms with Gasteiger partial charge in [0.2, 0.25) is 0 Å². The zero-order valence-electron chi connectivity index (χ0n) is 11.0. The molecule has 102 valence electrons. The lowest BCUT2D eigenvalue weighted by Crippen LogP contribution is -2.38. The molecule has 0 saturated carbocycles. The molecule has 0 saturated heterocycles. The number of nitrogens with one attached hydrogen (secondary N) is 1. The van der Waals surface area contributed by atoms with Gasteiger partial charge < -0.3 is 4.74 Å². The molecular formula is C15H18FNO2. The zero-order valence-corrected chi connectivity index (χ0v) is 11.0. The molecule has 1 unspecified atom stereocenters. The lowest BCUT2D eigenvalue weighted by Gasteiger charge is -2.16. The average Bonchev–Trinajstić information content (AvgIpc) is 2.41. The van der Waals surface area contributed by atoms with Crippen LogP contribution in [0, 0.1) is 18.2 Å². The van der Waals surface area contributed by atoms with Crippen LogP contribution in [0.5, 0.6) is 0 Å². The molecule has 1 rings (SSSR count). The predicted octanol–water partition coefficient (Wildman–Crippen LogP) is 1.91. The first-order valence-corrected chi connectivity index (χ1v) is 6.26. The Hall–Kier alpha value is -1.86. The fraction of sp³-hybridized carbons (Fsp3) is 0.400. The van der Waals surface area contributed by atoms with Crippen molar-refractivity contribution in [3.8, 4) is 12.3 Å². The number of hydrogen-bond acceptors (Lipinski definition) is 3. The number of esters is 1. The standard InChI is InChI=1S/C15H18FNO2/c1-3-11-17-14(15(18)19-4-2)10-9-12-7-5-6-8-13(12)16/h1,5-8,14,17H,4,9-11H2,2H3. The molecule has 0 bridgehead atoms. The van der Waals surface area contributed by atoms with Crippen LogP contribution < -0.4 is 5.32 Å². The summed E-state index contributed by atoms with van der Waals surface area (Å²) >= 11 is 0. The normalized spacial score (nSPS) is 11.6. The SMILES string of the molecule is C#CCNC(CCc1ccccc1F)C(=O)OCC. The smallest absolute Gasteiger partial charge is 0.323 e. The zero-order chi connectivity index (χ0) is 14.1. The Morgan fingerprint density at radius 1 is 1.53 bits per heavy atom. The van der Waals surface area contributed by atoms with Gasteiger partial charge >= 0.3 is 5.97 Å². The van der Waals surface area contributed by atoms with Crippen molar-refractivity contribution in [3.63, 3.8) is 0 Å². The molecule has 3 nitrogen and oxygen atoms in total. The number of hydrogen-bond donors (Lipinski definition) is 1. The lowest BCUT2D eigenvalue weighted by atomic mass is 10.0. The van der Waals surface area contributed by atoms with Crippen molar-refractivity contribution in [3.05, 3.63) is 35.6 Å². The summed E-state index contributed by atoms with van der Waals surface area (Å²) in [5, 5.41) is 2.91. The maximum Gasteiger partial charge on any atom is 0.323 e. The molecule has 0 amide bonds. The second-order valence-electron chi connectivity index (χ2n) is 4.02. The van der Waals surface area contributed by atoms with E-state index < -0.39 is 6.04 Å². The summed E-state index contributed by atoms with van der Waals surface area (Å²) < 4.78 is 18.4. The van der Waals surface area contributed by atoms with Gasteiger partial charge in [-0.25, -0.2) is 4.39 Å². The van der Waals surface area contributed by atoms with Gasteiger partial charge in [0.05, 0.1) is 13.2 Å². The van der Waals surface area contributed by atoms with Crippen LogP contribution in [-0.4, -0.2) is 25.2 Å². The Balaban J connectivity index is 2.60. The lowest BCUT2D eigenvalue weighted by molar-refractivity contribution is -0.145. The fourth-order valence-electron chi connectivity index (χ4n) is 1.73. The average molecular weight is 263 g/mol. The van der Waals surface area contributed by atoms with Crippen molar-refractivity contribution >= 4 is 5.97 Å². The van der Waals surface area contributed by atoms with Crippen LogP contribution >= 0.6 is 0 Å². The molecule has 0 aliphatic rings. The molecule has 0 radical (unpaired) electrons. The minimum absolute atomic E-state index is 0.262. The third-order valence-electron chi connectivity index (χ3n) is 2.68. The second-order valence-corrected chi connectivity index (χ2v) is 4.02. The van der Waals surface area contributed by atoms with E-state index in [9.17, 15) is 9.18 Å². The third kappa shape index (κ3) is 5.11. The summed E-state index contributed by atoms with van der Waals surface area (Å²) in [5.74, 6) is 1.80. The summed E-state index contributed by atoms with van der Waals surface area (Å²) in [7, 11) is 0. The van der Waals surface area contributed by atoms with Gasteiger partial charge in [-0.05, 0) is 31.4 Å². The highest BCUT2D eigenvalue weighted by atomic mass is 19.1. The molecule has 0 spiro atoms. The number of carbonyl (C=O) groups excluding carboxylic acids is 1. The van der Waals surface area contributed by atoms with Crippen molar-refractivity contribution in [2.24, 2.45) is 0 Å². The Morgan fingerprint density at radius 3 is 2.89 bits per heavy atom. The molecule has 0 aromatic heterocycles. The van der Waals surface area contributed by atoms with Crippen LogP contribution in [-0.2, 0) is 16.0 Å². The quantitative estimate of drug-likeness (QED) is 0.603. The van der Waals surface area contributed by atoms with E-state index in [1.165, 1.54) is 6.07 Å². The van der Waals surface area contributed by atoms with E-state index in [1.54, 1.807) is 25.1 Å². The maximum atomic E-state index is 13.5. The predicted molar refractivity (Wildman–Crippen MR) is 72.0 cm³/mol. The maximum absolute atomic E-state index is 13.5. The van der Waals surface area contributed by atoms with E-state index >= 15 is 0 Å². The molecule has 1 N–H and O–H groups in total. The van der Waals surface area contributed by atoms with Gasteiger partial charge in [-0.15, -0.1) is 6.42 Å². The molecule has 19 heavy (non-hydrogen) atoms. The van der Waals surface area contributed by atoms with E-state index in [-0.39, 0.29) is 18.3 Å². The molecule has 4 heteroatoms. The van der Waals surface area contributed by atoms with Gasteiger partial charge in [0.1, 0.15) is 11.9 Å². The topological polar surface area (TPSA) is 38.3 Å². The molecule has 0 aliphatic carbocycles. The second kappa shape index (κ2) is 8.28. The first-order chi connectivity index (χ1) is 9.19. The Labute approximate surface area is 113 Å².